The molecule has 1 saturated carbocycles. The van der Waals surface area contributed by atoms with E-state index in [-0.39, 0.29) is 23.6 Å². The van der Waals surface area contributed by atoms with E-state index in [1.165, 1.54) is 0 Å². The lowest BCUT2D eigenvalue weighted by molar-refractivity contribution is -0.120. The average Bonchev–Trinajstić information content (AvgIpc) is 3.30. The van der Waals surface area contributed by atoms with Gasteiger partial charge in [-0.05, 0) is 36.6 Å². The fraction of sp³-hybridized carbons (Fsp3) is 0.471. The number of nitrogens with zero attached hydrogens (tertiary/aromatic N) is 1. The molecule has 1 aromatic rings. The Balaban J connectivity index is 1.61. The molecule has 23 heavy (non-hydrogen) atoms. The van der Waals surface area contributed by atoms with E-state index < -0.39 is 0 Å². The molecule has 1 heterocycles. The zero-order valence-electron chi connectivity index (χ0n) is 13.2. The molecule has 0 radical (unpaired) electrons. The van der Waals surface area contributed by atoms with E-state index in [0.29, 0.717) is 43.2 Å². The van der Waals surface area contributed by atoms with E-state index >= 15 is 0 Å². The van der Waals surface area contributed by atoms with Crippen molar-refractivity contribution in [2.75, 3.05) is 25.0 Å². The molecule has 3 rings (SSSR count). The minimum atomic E-state index is -0.0878. The predicted molar refractivity (Wildman–Crippen MR) is 85.9 cm³/mol. The van der Waals surface area contributed by atoms with Crippen LogP contribution in [-0.4, -0.2) is 42.3 Å². The summed E-state index contributed by atoms with van der Waals surface area (Å²) >= 11 is 0. The van der Waals surface area contributed by atoms with Gasteiger partial charge in [0.05, 0.1) is 0 Å². The van der Waals surface area contributed by atoms with Crippen molar-refractivity contribution in [2.24, 2.45) is 11.8 Å². The summed E-state index contributed by atoms with van der Waals surface area (Å²) in [6.07, 6.45) is 1.28. The zero-order valence-corrected chi connectivity index (χ0v) is 13.2. The SMILES string of the molecule is C[C@@H]1C[C@H]1C(=O)Nc1ccc(C(=O)N2CCNC(=O)CC2)cc1. The highest BCUT2D eigenvalue weighted by atomic mass is 16.2. The molecule has 1 aromatic carbocycles. The Morgan fingerprint density at radius 3 is 2.57 bits per heavy atom. The topological polar surface area (TPSA) is 78.5 Å². The van der Waals surface area contributed by atoms with E-state index in [2.05, 4.69) is 17.6 Å². The Kier molecular flexibility index (Phi) is 4.32. The van der Waals surface area contributed by atoms with Crippen LogP contribution in [0, 0.1) is 11.8 Å². The molecule has 6 nitrogen and oxygen atoms in total. The second kappa shape index (κ2) is 6.40. The van der Waals surface area contributed by atoms with Crippen molar-refractivity contribution < 1.29 is 14.4 Å². The van der Waals surface area contributed by atoms with Crippen LogP contribution in [0.25, 0.3) is 0 Å². The van der Waals surface area contributed by atoms with Gasteiger partial charge in [-0.25, -0.2) is 0 Å². The number of carbonyl (C=O) groups excluding carboxylic acids is 3. The number of anilines is 1. The third kappa shape index (κ3) is 3.70. The first-order valence-corrected chi connectivity index (χ1v) is 8.01. The first kappa shape index (κ1) is 15.5. The third-order valence-corrected chi connectivity index (χ3v) is 4.45. The Bertz CT molecular complexity index is 626. The van der Waals surface area contributed by atoms with Crippen molar-refractivity contribution in [3.63, 3.8) is 0 Å². The van der Waals surface area contributed by atoms with Crippen molar-refractivity contribution in [3.05, 3.63) is 29.8 Å². The van der Waals surface area contributed by atoms with Crippen molar-refractivity contribution >= 4 is 23.4 Å². The van der Waals surface area contributed by atoms with Crippen LogP contribution in [0.4, 0.5) is 5.69 Å². The second-order valence-corrected chi connectivity index (χ2v) is 6.28. The molecule has 0 unspecified atom stereocenters. The minimum absolute atomic E-state index is 0.0207. The largest absolute Gasteiger partial charge is 0.354 e. The molecule has 1 aliphatic heterocycles. The molecule has 122 valence electrons. The molecule has 0 aromatic heterocycles. The summed E-state index contributed by atoms with van der Waals surface area (Å²) in [7, 11) is 0. The van der Waals surface area contributed by atoms with Crippen LogP contribution in [0.5, 0.6) is 0 Å². The molecule has 2 aliphatic rings. The zero-order chi connectivity index (χ0) is 16.4. The number of amides is 3. The van der Waals surface area contributed by atoms with Gasteiger partial charge in [-0.1, -0.05) is 6.92 Å². The summed E-state index contributed by atoms with van der Waals surface area (Å²) in [6.45, 7) is 3.50. The number of hydrogen-bond acceptors (Lipinski definition) is 3. The Morgan fingerprint density at radius 2 is 1.91 bits per heavy atom. The van der Waals surface area contributed by atoms with Gasteiger partial charge in [0.1, 0.15) is 0 Å². The fourth-order valence-corrected chi connectivity index (χ4v) is 2.77. The monoisotopic (exact) mass is 315 g/mol. The molecule has 2 atom stereocenters. The van der Waals surface area contributed by atoms with Crippen LogP contribution in [0.3, 0.4) is 0 Å². The molecule has 1 aliphatic carbocycles. The van der Waals surface area contributed by atoms with E-state index in [1.54, 1.807) is 29.2 Å². The quantitative estimate of drug-likeness (QED) is 0.881. The Labute approximate surface area is 135 Å². The normalized spacial score (nSPS) is 23.7. The van der Waals surface area contributed by atoms with Crippen LogP contribution in [-0.2, 0) is 9.59 Å². The summed E-state index contributed by atoms with van der Waals surface area (Å²) in [5.74, 6) is 0.533. The lowest BCUT2D eigenvalue weighted by Crippen LogP contribution is -2.34. The van der Waals surface area contributed by atoms with Crippen LogP contribution >= 0.6 is 0 Å². The van der Waals surface area contributed by atoms with E-state index in [0.717, 1.165) is 6.42 Å². The molecule has 2 fully saturated rings. The van der Waals surface area contributed by atoms with Gasteiger partial charge in [0.25, 0.3) is 5.91 Å². The second-order valence-electron chi connectivity index (χ2n) is 6.28. The Morgan fingerprint density at radius 1 is 1.22 bits per heavy atom. The van der Waals surface area contributed by atoms with Crippen molar-refractivity contribution in [2.45, 2.75) is 19.8 Å². The smallest absolute Gasteiger partial charge is 0.253 e. The van der Waals surface area contributed by atoms with Gasteiger partial charge in [-0.2, -0.15) is 0 Å². The maximum atomic E-state index is 12.5. The van der Waals surface area contributed by atoms with Gasteiger partial charge in [0, 0.05) is 43.2 Å². The first-order chi connectivity index (χ1) is 11.0. The van der Waals surface area contributed by atoms with Gasteiger partial charge in [-0.15, -0.1) is 0 Å². The molecule has 2 N–H and O–H groups in total. The fourth-order valence-electron chi connectivity index (χ4n) is 2.77. The Hall–Kier alpha value is -2.37. The van der Waals surface area contributed by atoms with Gasteiger partial charge in [0.15, 0.2) is 0 Å². The number of hydrogen-bond donors (Lipinski definition) is 2. The highest BCUT2D eigenvalue weighted by molar-refractivity contribution is 5.97. The van der Waals surface area contributed by atoms with Gasteiger partial charge in [-0.3, -0.25) is 14.4 Å². The lowest BCUT2D eigenvalue weighted by Gasteiger charge is -2.19. The van der Waals surface area contributed by atoms with Crippen LogP contribution in [0.2, 0.25) is 0 Å². The summed E-state index contributed by atoms with van der Waals surface area (Å²) in [5.41, 5.74) is 1.27. The van der Waals surface area contributed by atoms with Gasteiger partial charge in [0.2, 0.25) is 11.8 Å². The highest BCUT2D eigenvalue weighted by Crippen LogP contribution is 2.38. The van der Waals surface area contributed by atoms with Crippen LogP contribution in [0.1, 0.15) is 30.1 Å². The van der Waals surface area contributed by atoms with E-state index in [1.807, 2.05) is 0 Å². The van der Waals surface area contributed by atoms with Crippen molar-refractivity contribution in [1.29, 1.82) is 0 Å². The molecular formula is C17H21N3O3. The summed E-state index contributed by atoms with van der Waals surface area (Å²) in [4.78, 5) is 37.4. The van der Waals surface area contributed by atoms with Crippen molar-refractivity contribution in [1.82, 2.24) is 10.2 Å². The van der Waals surface area contributed by atoms with E-state index in [4.69, 9.17) is 0 Å². The average molecular weight is 315 g/mol. The summed E-state index contributed by atoms with van der Waals surface area (Å²) in [6, 6.07) is 6.93. The van der Waals surface area contributed by atoms with Crippen LogP contribution < -0.4 is 10.6 Å². The third-order valence-electron chi connectivity index (χ3n) is 4.45. The predicted octanol–water partition coefficient (Wildman–Crippen LogP) is 1.24. The van der Waals surface area contributed by atoms with Crippen molar-refractivity contribution in [3.8, 4) is 0 Å². The molecule has 0 spiro atoms. The molecular weight excluding hydrogens is 294 g/mol. The summed E-state index contributed by atoms with van der Waals surface area (Å²) in [5, 5.41) is 5.63. The first-order valence-electron chi connectivity index (χ1n) is 8.01. The lowest BCUT2D eigenvalue weighted by atomic mass is 10.1. The number of benzene rings is 1. The van der Waals surface area contributed by atoms with E-state index in [9.17, 15) is 14.4 Å². The number of carbonyl (C=O) groups is 3. The number of rotatable bonds is 3. The van der Waals surface area contributed by atoms with Crippen LogP contribution in [0.15, 0.2) is 24.3 Å². The van der Waals surface area contributed by atoms with Gasteiger partial charge < -0.3 is 15.5 Å². The maximum absolute atomic E-state index is 12.5. The minimum Gasteiger partial charge on any atom is -0.354 e. The number of nitrogens with one attached hydrogen (secondary N) is 2. The molecule has 6 heteroatoms. The van der Waals surface area contributed by atoms with Gasteiger partial charge >= 0.3 is 0 Å². The molecule has 1 saturated heterocycles. The standard InChI is InChI=1S/C17H21N3O3/c1-11-10-14(11)16(22)19-13-4-2-12(3-5-13)17(23)20-8-6-15(21)18-7-9-20/h2-5,11,14H,6-10H2,1H3,(H,18,21)(H,19,22)/t11-,14-/m1/s1. The molecule has 0 bridgehead atoms. The summed E-state index contributed by atoms with van der Waals surface area (Å²) < 4.78 is 0. The maximum Gasteiger partial charge on any atom is 0.253 e. The molecule has 3 amide bonds. The highest BCUT2D eigenvalue weighted by Gasteiger charge is 2.39.